The van der Waals surface area contributed by atoms with E-state index in [0.717, 1.165) is 12.8 Å². The van der Waals surface area contributed by atoms with Crippen molar-refractivity contribution in [2.75, 3.05) is 19.0 Å². The molecule has 1 fully saturated rings. The molecule has 6 nitrogen and oxygen atoms in total. The summed E-state index contributed by atoms with van der Waals surface area (Å²) in [7, 11) is 1.55. The fourth-order valence-electron chi connectivity index (χ4n) is 2.33. The van der Waals surface area contributed by atoms with E-state index < -0.39 is 12.0 Å². The van der Waals surface area contributed by atoms with Crippen molar-refractivity contribution in [1.29, 1.82) is 0 Å². The van der Waals surface area contributed by atoms with Gasteiger partial charge in [0.1, 0.15) is 11.8 Å². The molecule has 2 rings (SSSR count). The monoisotopic (exact) mass is 278 g/mol. The number of nitrogens with one attached hydrogen (secondary N) is 1. The fraction of sp³-hybridized carbons (Fsp3) is 0.429. The maximum Gasteiger partial charge on any atom is 0.326 e. The number of carboxylic acids is 1. The normalized spacial score (nSPS) is 18.4. The number of amides is 2. The molecule has 20 heavy (non-hydrogen) atoms. The molecule has 0 aromatic heterocycles. The highest BCUT2D eigenvalue weighted by molar-refractivity contribution is 5.92. The summed E-state index contributed by atoms with van der Waals surface area (Å²) in [5.74, 6) is -0.318. The number of urea groups is 1. The number of ether oxygens (including phenoxy) is 1. The van der Waals surface area contributed by atoms with E-state index in [1.165, 1.54) is 4.90 Å². The Kier molecular flexibility index (Phi) is 4.45. The Morgan fingerprint density at radius 3 is 2.90 bits per heavy atom. The number of carboxylic acid groups (broad SMARTS) is 1. The summed E-state index contributed by atoms with van der Waals surface area (Å²) in [6.07, 6.45) is 2.16. The maximum atomic E-state index is 12.2. The van der Waals surface area contributed by atoms with Crippen LogP contribution in [0.15, 0.2) is 24.3 Å². The number of likely N-dealkylation sites (tertiary alicyclic amines) is 1. The second-order valence-corrected chi connectivity index (χ2v) is 4.71. The van der Waals surface area contributed by atoms with Crippen LogP contribution in [0.25, 0.3) is 0 Å². The standard InChI is InChI=1S/C14H18N2O4/c1-20-11-6-4-5-10(9-11)15-14(19)16-8-3-2-7-12(16)13(17)18/h4-6,9,12H,2-3,7-8H2,1H3,(H,15,19)(H,17,18)/t12-/m1/s1. The van der Waals surface area contributed by atoms with Crippen LogP contribution < -0.4 is 10.1 Å². The van der Waals surface area contributed by atoms with E-state index in [0.29, 0.717) is 24.4 Å². The average Bonchev–Trinajstić information content (AvgIpc) is 2.47. The zero-order valence-corrected chi connectivity index (χ0v) is 11.3. The Morgan fingerprint density at radius 2 is 2.20 bits per heavy atom. The maximum absolute atomic E-state index is 12.2. The molecule has 2 amide bonds. The third-order valence-corrected chi connectivity index (χ3v) is 3.37. The molecule has 0 saturated carbocycles. The molecule has 1 saturated heterocycles. The molecular formula is C14H18N2O4. The first-order chi connectivity index (χ1) is 9.61. The summed E-state index contributed by atoms with van der Waals surface area (Å²) < 4.78 is 5.08. The van der Waals surface area contributed by atoms with E-state index in [4.69, 9.17) is 9.84 Å². The largest absolute Gasteiger partial charge is 0.497 e. The van der Waals surface area contributed by atoms with Crippen LogP contribution in [0.5, 0.6) is 5.75 Å². The Hall–Kier alpha value is -2.24. The van der Waals surface area contributed by atoms with Gasteiger partial charge >= 0.3 is 12.0 Å². The smallest absolute Gasteiger partial charge is 0.326 e. The number of anilines is 1. The molecule has 0 bridgehead atoms. The lowest BCUT2D eigenvalue weighted by molar-refractivity contribution is -0.143. The number of piperidine rings is 1. The Balaban J connectivity index is 2.07. The van der Waals surface area contributed by atoms with Gasteiger partial charge in [-0.3, -0.25) is 0 Å². The number of hydrogen-bond donors (Lipinski definition) is 2. The van der Waals surface area contributed by atoms with E-state index in [-0.39, 0.29) is 6.03 Å². The Bertz CT molecular complexity index is 504. The number of nitrogens with zero attached hydrogens (tertiary/aromatic N) is 1. The second-order valence-electron chi connectivity index (χ2n) is 4.71. The molecule has 0 radical (unpaired) electrons. The van der Waals surface area contributed by atoms with Crippen LogP contribution in [0.1, 0.15) is 19.3 Å². The molecule has 1 aliphatic heterocycles. The van der Waals surface area contributed by atoms with Gasteiger partial charge in [-0.1, -0.05) is 6.07 Å². The van der Waals surface area contributed by atoms with E-state index in [1.54, 1.807) is 31.4 Å². The van der Waals surface area contributed by atoms with E-state index in [1.807, 2.05) is 0 Å². The van der Waals surface area contributed by atoms with E-state index in [9.17, 15) is 9.59 Å². The number of aliphatic carboxylic acids is 1. The summed E-state index contributed by atoms with van der Waals surface area (Å²) in [4.78, 5) is 24.8. The van der Waals surface area contributed by atoms with Crippen LogP contribution in [-0.4, -0.2) is 41.7 Å². The van der Waals surface area contributed by atoms with Crippen molar-refractivity contribution in [3.63, 3.8) is 0 Å². The summed E-state index contributed by atoms with van der Waals surface area (Å²) in [6.45, 7) is 0.465. The predicted octanol–water partition coefficient (Wildman–Crippen LogP) is 2.17. The van der Waals surface area contributed by atoms with E-state index >= 15 is 0 Å². The number of rotatable bonds is 3. The van der Waals surface area contributed by atoms with Crippen LogP contribution in [0.2, 0.25) is 0 Å². The van der Waals surface area contributed by atoms with Gasteiger partial charge in [0.15, 0.2) is 0 Å². The highest BCUT2D eigenvalue weighted by atomic mass is 16.5. The molecule has 1 heterocycles. The molecule has 1 atom stereocenters. The number of hydrogen-bond acceptors (Lipinski definition) is 3. The molecule has 108 valence electrons. The molecule has 1 aromatic rings. The van der Waals surface area contributed by atoms with Crippen molar-refractivity contribution in [3.8, 4) is 5.75 Å². The molecule has 0 unspecified atom stereocenters. The van der Waals surface area contributed by atoms with Gasteiger partial charge in [-0.25, -0.2) is 9.59 Å². The van der Waals surface area contributed by atoms with Crippen molar-refractivity contribution in [1.82, 2.24) is 4.90 Å². The average molecular weight is 278 g/mol. The van der Waals surface area contributed by atoms with Crippen LogP contribution in [0.4, 0.5) is 10.5 Å². The topological polar surface area (TPSA) is 78.9 Å². The van der Waals surface area contributed by atoms with E-state index in [2.05, 4.69) is 5.32 Å². The lowest BCUT2D eigenvalue weighted by atomic mass is 10.0. The minimum Gasteiger partial charge on any atom is -0.497 e. The molecule has 0 spiro atoms. The van der Waals surface area contributed by atoms with Crippen molar-refractivity contribution in [2.45, 2.75) is 25.3 Å². The summed E-state index contributed by atoms with van der Waals surface area (Å²) >= 11 is 0. The number of carbonyl (C=O) groups excluding carboxylic acids is 1. The minimum atomic E-state index is -0.953. The Labute approximate surface area is 117 Å². The highest BCUT2D eigenvalue weighted by Crippen LogP contribution is 2.21. The van der Waals surface area contributed by atoms with Crippen LogP contribution >= 0.6 is 0 Å². The van der Waals surface area contributed by atoms with Crippen LogP contribution in [-0.2, 0) is 4.79 Å². The van der Waals surface area contributed by atoms with Gasteiger partial charge in [-0.15, -0.1) is 0 Å². The zero-order valence-electron chi connectivity index (χ0n) is 11.3. The van der Waals surface area contributed by atoms with Crippen molar-refractivity contribution >= 4 is 17.7 Å². The number of methoxy groups -OCH3 is 1. The quantitative estimate of drug-likeness (QED) is 0.888. The first-order valence-electron chi connectivity index (χ1n) is 6.56. The highest BCUT2D eigenvalue weighted by Gasteiger charge is 2.31. The molecule has 1 aromatic carbocycles. The van der Waals surface area contributed by atoms with Gasteiger partial charge in [0.2, 0.25) is 0 Å². The summed E-state index contributed by atoms with van der Waals surface area (Å²) in [5.41, 5.74) is 0.587. The fourth-order valence-corrected chi connectivity index (χ4v) is 2.33. The number of carbonyl (C=O) groups is 2. The summed E-state index contributed by atoms with van der Waals surface area (Å²) in [5, 5.41) is 11.9. The van der Waals surface area contributed by atoms with Crippen LogP contribution in [0, 0.1) is 0 Å². The minimum absolute atomic E-state index is 0.384. The van der Waals surface area contributed by atoms with Gasteiger partial charge in [-0.05, 0) is 31.4 Å². The summed E-state index contributed by atoms with van der Waals surface area (Å²) in [6, 6.07) is 5.84. The van der Waals surface area contributed by atoms with Gasteiger partial charge in [0.05, 0.1) is 7.11 Å². The first kappa shape index (κ1) is 14.2. The number of benzene rings is 1. The Morgan fingerprint density at radius 1 is 1.40 bits per heavy atom. The predicted molar refractivity (Wildman–Crippen MR) is 74.0 cm³/mol. The molecule has 2 N–H and O–H groups in total. The SMILES string of the molecule is COc1cccc(NC(=O)N2CCCC[C@@H]2C(=O)O)c1. The lowest BCUT2D eigenvalue weighted by Gasteiger charge is -2.32. The van der Waals surface area contributed by atoms with Crippen molar-refractivity contribution in [2.24, 2.45) is 0 Å². The zero-order chi connectivity index (χ0) is 14.5. The second kappa shape index (κ2) is 6.27. The third kappa shape index (κ3) is 3.20. The van der Waals surface area contributed by atoms with Crippen molar-refractivity contribution < 1.29 is 19.4 Å². The lowest BCUT2D eigenvalue weighted by Crippen LogP contribution is -2.49. The van der Waals surface area contributed by atoms with Gasteiger partial charge < -0.3 is 20.1 Å². The molecule has 1 aliphatic rings. The van der Waals surface area contributed by atoms with Gasteiger partial charge in [0, 0.05) is 18.3 Å². The van der Waals surface area contributed by atoms with Crippen LogP contribution in [0.3, 0.4) is 0 Å². The van der Waals surface area contributed by atoms with Crippen molar-refractivity contribution in [3.05, 3.63) is 24.3 Å². The van der Waals surface area contributed by atoms with Gasteiger partial charge in [-0.2, -0.15) is 0 Å². The van der Waals surface area contributed by atoms with Gasteiger partial charge in [0.25, 0.3) is 0 Å². The molecule has 6 heteroatoms. The molecular weight excluding hydrogens is 260 g/mol. The first-order valence-corrected chi connectivity index (χ1v) is 6.56. The molecule has 0 aliphatic carbocycles. The third-order valence-electron chi connectivity index (χ3n) is 3.37.